The van der Waals surface area contributed by atoms with Crippen LogP contribution in [0.2, 0.25) is 0 Å². The lowest BCUT2D eigenvalue weighted by Gasteiger charge is -2.44. The number of hydrogen-bond acceptors (Lipinski definition) is 6. The summed E-state index contributed by atoms with van der Waals surface area (Å²) in [6.45, 7) is 3.65. The number of benzene rings is 1. The van der Waals surface area contributed by atoms with Crippen LogP contribution in [-0.4, -0.2) is 47.3 Å². The Morgan fingerprint density at radius 3 is 2.53 bits per heavy atom. The van der Waals surface area contributed by atoms with E-state index >= 15 is 0 Å². The van der Waals surface area contributed by atoms with E-state index in [0.717, 1.165) is 12.7 Å². The highest BCUT2D eigenvalue weighted by Crippen LogP contribution is 2.49. The SMILES string of the molecule is CC1(C)CC[C@@H]2c3cc(C#CC(C)(C)S(C)(=O)=O)c(OC(F)F)cc3-c3cc(=O)c(C(=O)O)cn3N21. The van der Waals surface area contributed by atoms with Crippen molar-refractivity contribution in [2.75, 3.05) is 11.3 Å². The molecule has 3 heterocycles. The van der Waals surface area contributed by atoms with Gasteiger partial charge in [-0.1, -0.05) is 11.8 Å². The van der Waals surface area contributed by atoms with Crippen molar-refractivity contribution in [1.82, 2.24) is 4.68 Å². The molecular weight excluding hydrogens is 494 g/mol. The smallest absolute Gasteiger partial charge is 0.387 e. The van der Waals surface area contributed by atoms with Crippen molar-refractivity contribution in [2.24, 2.45) is 0 Å². The van der Waals surface area contributed by atoms with Gasteiger partial charge < -0.3 is 9.84 Å². The Balaban J connectivity index is 2.02. The molecule has 2 aromatic rings. The average molecular weight is 521 g/mol. The van der Waals surface area contributed by atoms with Gasteiger partial charge in [0.15, 0.2) is 15.3 Å². The van der Waals surface area contributed by atoms with Crippen LogP contribution in [0.4, 0.5) is 8.78 Å². The minimum Gasteiger partial charge on any atom is -0.477 e. The Bertz CT molecular complexity index is 1500. The molecule has 8 nitrogen and oxygen atoms in total. The molecule has 36 heavy (non-hydrogen) atoms. The van der Waals surface area contributed by atoms with Crippen LogP contribution >= 0.6 is 0 Å². The maximum atomic E-state index is 13.3. The highest BCUT2D eigenvalue weighted by Gasteiger charge is 2.45. The third kappa shape index (κ3) is 4.23. The lowest BCUT2D eigenvalue weighted by molar-refractivity contribution is -0.0500. The molecule has 1 aromatic heterocycles. The zero-order valence-corrected chi connectivity index (χ0v) is 21.2. The van der Waals surface area contributed by atoms with Crippen molar-refractivity contribution in [3.63, 3.8) is 0 Å². The fourth-order valence-corrected chi connectivity index (χ4v) is 4.87. The van der Waals surface area contributed by atoms with Crippen molar-refractivity contribution < 1.29 is 31.8 Å². The summed E-state index contributed by atoms with van der Waals surface area (Å²) in [4.78, 5) is 24.2. The maximum absolute atomic E-state index is 13.3. The summed E-state index contributed by atoms with van der Waals surface area (Å²) in [5.41, 5.74) is 0.0281. The summed E-state index contributed by atoms with van der Waals surface area (Å²) >= 11 is 0. The lowest BCUT2D eigenvalue weighted by atomic mass is 9.91. The van der Waals surface area contributed by atoms with E-state index in [9.17, 15) is 31.9 Å². The van der Waals surface area contributed by atoms with Gasteiger partial charge in [-0.05, 0) is 58.2 Å². The van der Waals surface area contributed by atoms with Gasteiger partial charge in [0, 0.05) is 24.1 Å². The number of alkyl halides is 2. The van der Waals surface area contributed by atoms with Crippen LogP contribution in [0.5, 0.6) is 5.75 Å². The van der Waals surface area contributed by atoms with Crippen molar-refractivity contribution in [3.05, 3.63) is 51.3 Å². The molecule has 1 atom stereocenters. The quantitative estimate of drug-likeness (QED) is 0.615. The Labute approximate surface area is 207 Å². The van der Waals surface area contributed by atoms with Crippen LogP contribution in [0.1, 0.15) is 68.1 Å². The van der Waals surface area contributed by atoms with E-state index in [-0.39, 0.29) is 17.4 Å². The van der Waals surface area contributed by atoms with Crippen molar-refractivity contribution in [1.29, 1.82) is 0 Å². The summed E-state index contributed by atoms with van der Waals surface area (Å²) in [7, 11) is -3.57. The summed E-state index contributed by atoms with van der Waals surface area (Å²) in [6.07, 6.45) is 3.72. The first-order valence-electron chi connectivity index (χ1n) is 11.2. The third-order valence-corrected chi connectivity index (χ3v) is 8.82. The number of aromatic carboxylic acids is 1. The number of nitrogens with zero attached hydrogens (tertiary/aromatic N) is 2. The molecule has 4 rings (SSSR count). The fourth-order valence-electron chi connectivity index (χ4n) is 4.64. The predicted molar refractivity (Wildman–Crippen MR) is 130 cm³/mol. The summed E-state index contributed by atoms with van der Waals surface area (Å²) < 4.78 is 55.8. The molecule has 11 heteroatoms. The number of halogens is 2. The zero-order chi connectivity index (χ0) is 26.8. The molecule has 0 unspecified atom stereocenters. The Morgan fingerprint density at radius 2 is 1.94 bits per heavy atom. The van der Waals surface area contributed by atoms with Crippen molar-refractivity contribution in [3.8, 4) is 28.8 Å². The Hall–Kier alpha value is -3.39. The standard InChI is InChI=1S/C25H26F2N2O6S/c1-24(2)8-7-18-15-10-14(6-9-25(3,4)36(5,33)34)21(35-23(26)27)11-16(15)19-12-20(30)17(22(31)32)13-28(19)29(18)24/h10-13,18,23H,7-8H2,1-5H3,(H,31,32)/t18-/m1/s1. The second kappa shape index (κ2) is 8.34. The highest BCUT2D eigenvalue weighted by molar-refractivity contribution is 7.92. The van der Waals surface area contributed by atoms with Gasteiger partial charge in [0.25, 0.3) is 0 Å². The van der Waals surface area contributed by atoms with Gasteiger partial charge in [0.1, 0.15) is 16.1 Å². The van der Waals surface area contributed by atoms with Crippen LogP contribution < -0.4 is 15.2 Å². The summed E-state index contributed by atoms with van der Waals surface area (Å²) in [5, 5.41) is 11.5. The predicted octanol–water partition coefficient (Wildman–Crippen LogP) is 3.55. The summed E-state index contributed by atoms with van der Waals surface area (Å²) in [5.74, 6) is 3.75. The molecule has 0 radical (unpaired) electrons. The van der Waals surface area contributed by atoms with Gasteiger partial charge in [-0.3, -0.25) is 14.5 Å². The number of fused-ring (bicyclic) bond motifs is 6. The van der Waals surface area contributed by atoms with E-state index < -0.39 is 43.7 Å². The number of aromatic nitrogens is 1. The second-order valence-corrected chi connectivity index (χ2v) is 12.7. The van der Waals surface area contributed by atoms with Gasteiger partial charge in [0.05, 0.1) is 22.8 Å². The van der Waals surface area contributed by atoms with Gasteiger partial charge in [-0.15, -0.1) is 0 Å². The number of pyridine rings is 1. The van der Waals surface area contributed by atoms with E-state index in [1.165, 1.54) is 32.2 Å². The van der Waals surface area contributed by atoms with Crippen LogP contribution in [0.15, 0.2) is 29.2 Å². The monoisotopic (exact) mass is 520 g/mol. The molecule has 2 aliphatic heterocycles. The van der Waals surface area contributed by atoms with Crippen LogP contribution in [0.3, 0.4) is 0 Å². The first-order chi connectivity index (χ1) is 16.5. The van der Waals surface area contributed by atoms with Gasteiger partial charge in [-0.25, -0.2) is 13.2 Å². The summed E-state index contributed by atoms with van der Waals surface area (Å²) in [6, 6.07) is 3.86. The van der Waals surface area contributed by atoms with E-state index in [4.69, 9.17) is 4.74 Å². The number of sulfone groups is 1. The van der Waals surface area contributed by atoms with Gasteiger partial charge in [-0.2, -0.15) is 8.78 Å². The average Bonchev–Trinajstić information content (AvgIpc) is 3.06. The molecule has 1 N–H and O–H groups in total. The molecule has 1 fully saturated rings. The molecule has 0 bridgehead atoms. The number of carboxylic acids is 1. The maximum Gasteiger partial charge on any atom is 0.387 e. The van der Waals surface area contributed by atoms with E-state index in [0.29, 0.717) is 23.2 Å². The molecule has 0 spiro atoms. The number of carboxylic acid groups (broad SMARTS) is 1. The second-order valence-electron chi connectivity index (χ2n) is 10.1. The molecule has 1 aromatic carbocycles. The van der Waals surface area contributed by atoms with Crippen LogP contribution in [-0.2, 0) is 9.84 Å². The Kier molecular flexibility index (Phi) is 5.95. The van der Waals surface area contributed by atoms with Crippen LogP contribution in [0.25, 0.3) is 11.3 Å². The minimum absolute atomic E-state index is 0.0911. The number of rotatable bonds is 4. The van der Waals surface area contributed by atoms with E-state index in [1.807, 2.05) is 18.9 Å². The minimum atomic E-state index is -3.57. The first kappa shape index (κ1) is 25.7. The molecule has 0 aliphatic carbocycles. The molecule has 0 saturated carbocycles. The number of ether oxygens (including phenoxy) is 1. The normalized spacial score (nSPS) is 18.1. The third-order valence-electron chi connectivity index (χ3n) is 6.87. The molecule has 192 valence electrons. The first-order valence-corrected chi connectivity index (χ1v) is 13.1. The number of carbonyl (C=O) groups is 1. The molecular formula is C25H26F2N2O6S. The number of hydrogen-bond donors (Lipinski definition) is 1. The van der Waals surface area contributed by atoms with Crippen molar-refractivity contribution in [2.45, 2.75) is 63.5 Å². The van der Waals surface area contributed by atoms with Gasteiger partial charge in [0.2, 0.25) is 0 Å². The van der Waals surface area contributed by atoms with Crippen molar-refractivity contribution >= 4 is 15.8 Å². The highest BCUT2D eigenvalue weighted by atomic mass is 32.2. The molecule has 2 aliphatic rings. The largest absolute Gasteiger partial charge is 0.477 e. The van der Waals surface area contributed by atoms with E-state index in [2.05, 4.69) is 11.8 Å². The molecule has 1 saturated heterocycles. The topological polar surface area (TPSA) is 106 Å². The molecule has 0 amide bonds. The van der Waals surface area contributed by atoms with Crippen LogP contribution in [0, 0.1) is 11.8 Å². The lowest BCUT2D eigenvalue weighted by Crippen LogP contribution is -2.50. The zero-order valence-electron chi connectivity index (χ0n) is 20.4. The fraction of sp³-hybridized carbons (Fsp3) is 0.440. The van der Waals surface area contributed by atoms with E-state index in [1.54, 1.807) is 10.7 Å². The van der Waals surface area contributed by atoms with Gasteiger partial charge >= 0.3 is 12.6 Å². The Morgan fingerprint density at radius 1 is 1.28 bits per heavy atom.